The zero-order chi connectivity index (χ0) is 14.5. The van der Waals surface area contributed by atoms with Crippen molar-refractivity contribution < 1.29 is 14.3 Å². The third kappa shape index (κ3) is 3.87. The highest BCUT2D eigenvalue weighted by Gasteiger charge is 2.22. The lowest BCUT2D eigenvalue weighted by Crippen LogP contribution is -2.36. The number of methoxy groups -OCH3 is 2. The Hall–Kier alpha value is -1.75. The van der Waals surface area contributed by atoms with Crippen molar-refractivity contribution in [2.45, 2.75) is 31.8 Å². The highest BCUT2D eigenvalue weighted by atomic mass is 16.5. The van der Waals surface area contributed by atoms with Gasteiger partial charge in [-0.05, 0) is 31.9 Å². The van der Waals surface area contributed by atoms with Gasteiger partial charge < -0.3 is 20.1 Å². The van der Waals surface area contributed by atoms with Gasteiger partial charge in [0, 0.05) is 17.7 Å². The molecule has 0 aliphatic heterocycles. The number of benzene rings is 1. The van der Waals surface area contributed by atoms with Crippen molar-refractivity contribution in [3.63, 3.8) is 0 Å². The molecule has 2 N–H and O–H groups in total. The molecule has 0 aromatic heterocycles. The molecule has 5 nitrogen and oxygen atoms in total. The number of ether oxygens (including phenoxy) is 2. The van der Waals surface area contributed by atoms with E-state index in [9.17, 15) is 4.79 Å². The van der Waals surface area contributed by atoms with Gasteiger partial charge in [-0.2, -0.15) is 0 Å². The summed E-state index contributed by atoms with van der Waals surface area (Å²) in [5, 5.41) is 6.17. The number of hydrogen-bond acceptors (Lipinski definition) is 4. The Morgan fingerprint density at radius 3 is 2.70 bits per heavy atom. The van der Waals surface area contributed by atoms with Gasteiger partial charge >= 0.3 is 0 Å². The van der Waals surface area contributed by atoms with E-state index in [1.165, 1.54) is 12.8 Å². The van der Waals surface area contributed by atoms with E-state index in [1.54, 1.807) is 14.2 Å². The normalized spacial score (nSPS) is 15.6. The molecule has 1 aliphatic carbocycles. The standard InChI is InChI=1S/C15H22N2O3/c1-10(17-15(18)9-16-11-4-5-11)13-7-6-12(19-2)8-14(13)20-3/h6-8,10-11,16H,4-5,9H2,1-3H3,(H,17,18). The number of carbonyl (C=O) groups excluding carboxylic acids is 1. The maximum absolute atomic E-state index is 11.8. The van der Waals surface area contributed by atoms with Crippen LogP contribution in [-0.2, 0) is 4.79 Å². The van der Waals surface area contributed by atoms with Crippen LogP contribution in [0.25, 0.3) is 0 Å². The average molecular weight is 278 g/mol. The fraction of sp³-hybridized carbons (Fsp3) is 0.533. The molecule has 20 heavy (non-hydrogen) atoms. The minimum Gasteiger partial charge on any atom is -0.497 e. The van der Waals surface area contributed by atoms with E-state index in [2.05, 4.69) is 10.6 Å². The molecule has 1 atom stereocenters. The van der Waals surface area contributed by atoms with Crippen LogP contribution in [0, 0.1) is 0 Å². The summed E-state index contributed by atoms with van der Waals surface area (Å²) < 4.78 is 10.5. The van der Waals surface area contributed by atoms with E-state index >= 15 is 0 Å². The average Bonchev–Trinajstić information content (AvgIpc) is 3.28. The first-order valence-electron chi connectivity index (χ1n) is 6.88. The second kappa shape index (κ2) is 6.61. The van der Waals surface area contributed by atoms with Crippen molar-refractivity contribution in [1.82, 2.24) is 10.6 Å². The second-order valence-electron chi connectivity index (χ2n) is 5.05. The van der Waals surface area contributed by atoms with Crippen LogP contribution >= 0.6 is 0 Å². The number of rotatable bonds is 7. The molecule has 1 aromatic rings. The highest BCUT2D eigenvalue weighted by Crippen LogP contribution is 2.29. The molecular formula is C15H22N2O3. The van der Waals surface area contributed by atoms with Crippen LogP contribution in [0.4, 0.5) is 0 Å². The van der Waals surface area contributed by atoms with Gasteiger partial charge in [-0.3, -0.25) is 4.79 Å². The fourth-order valence-corrected chi connectivity index (χ4v) is 2.07. The molecule has 0 radical (unpaired) electrons. The Labute approximate surface area is 119 Å². The molecule has 110 valence electrons. The van der Waals surface area contributed by atoms with Crippen LogP contribution in [0.1, 0.15) is 31.4 Å². The molecular weight excluding hydrogens is 256 g/mol. The molecule has 1 fully saturated rings. The molecule has 0 spiro atoms. The summed E-state index contributed by atoms with van der Waals surface area (Å²) in [7, 11) is 3.23. The van der Waals surface area contributed by atoms with Crippen LogP contribution in [-0.4, -0.2) is 32.7 Å². The first-order chi connectivity index (χ1) is 9.63. The van der Waals surface area contributed by atoms with Crippen LogP contribution < -0.4 is 20.1 Å². The van der Waals surface area contributed by atoms with E-state index < -0.39 is 0 Å². The van der Waals surface area contributed by atoms with Crippen molar-refractivity contribution in [2.24, 2.45) is 0 Å². The Balaban J connectivity index is 1.96. The van der Waals surface area contributed by atoms with Gasteiger partial charge in [-0.15, -0.1) is 0 Å². The van der Waals surface area contributed by atoms with E-state index in [4.69, 9.17) is 9.47 Å². The lowest BCUT2D eigenvalue weighted by Gasteiger charge is -2.18. The highest BCUT2D eigenvalue weighted by molar-refractivity contribution is 5.78. The number of amides is 1. The molecule has 1 unspecified atom stereocenters. The van der Waals surface area contributed by atoms with E-state index in [1.807, 2.05) is 25.1 Å². The summed E-state index contributed by atoms with van der Waals surface area (Å²) in [6, 6.07) is 6.02. The number of hydrogen-bond donors (Lipinski definition) is 2. The van der Waals surface area contributed by atoms with E-state index in [-0.39, 0.29) is 11.9 Å². The van der Waals surface area contributed by atoms with Gasteiger partial charge in [0.1, 0.15) is 11.5 Å². The lowest BCUT2D eigenvalue weighted by molar-refractivity contribution is -0.120. The first-order valence-corrected chi connectivity index (χ1v) is 6.88. The van der Waals surface area contributed by atoms with Gasteiger partial charge in [-0.1, -0.05) is 0 Å². The summed E-state index contributed by atoms with van der Waals surface area (Å²) in [4.78, 5) is 11.8. The molecule has 1 aliphatic rings. The molecule has 1 aromatic carbocycles. The van der Waals surface area contributed by atoms with Gasteiger partial charge in [0.15, 0.2) is 0 Å². The second-order valence-corrected chi connectivity index (χ2v) is 5.05. The Bertz CT molecular complexity index is 472. The van der Waals surface area contributed by atoms with E-state index in [0.29, 0.717) is 18.3 Å². The molecule has 2 rings (SSSR count). The van der Waals surface area contributed by atoms with E-state index in [0.717, 1.165) is 11.3 Å². The molecule has 1 saturated carbocycles. The maximum Gasteiger partial charge on any atom is 0.234 e. The monoisotopic (exact) mass is 278 g/mol. The van der Waals surface area contributed by atoms with Crippen LogP contribution in [0.15, 0.2) is 18.2 Å². The van der Waals surface area contributed by atoms with Crippen molar-refractivity contribution in [3.05, 3.63) is 23.8 Å². The van der Waals surface area contributed by atoms with Gasteiger partial charge in [0.25, 0.3) is 0 Å². The first kappa shape index (κ1) is 14.7. The fourth-order valence-electron chi connectivity index (χ4n) is 2.07. The molecule has 0 saturated heterocycles. The SMILES string of the molecule is COc1ccc(C(C)NC(=O)CNC2CC2)c(OC)c1. The smallest absolute Gasteiger partial charge is 0.234 e. The molecule has 5 heteroatoms. The van der Waals surface area contributed by atoms with Gasteiger partial charge in [0.2, 0.25) is 5.91 Å². The summed E-state index contributed by atoms with van der Waals surface area (Å²) in [5.74, 6) is 1.45. The zero-order valence-electron chi connectivity index (χ0n) is 12.2. The summed E-state index contributed by atoms with van der Waals surface area (Å²) in [5.41, 5.74) is 0.938. The molecule has 1 amide bonds. The third-order valence-corrected chi connectivity index (χ3v) is 3.41. The third-order valence-electron chi connectivity index (χ3n) is 3.41. The zero-order valence-corrected chi connectivity index (χ0v) is 12.2. The number of carbonyl (C=O) groups is 1. The van der Waals surface area contributed by atoms with Crippen LogP contribution in [0.3, 0.4) is 0 Å². The van der Waals surface area contributed by atoms with Crippen molar-refractivity contribution in [1.29, 1.82) is 0 Å². The quantitative estimate of drug-likeness (QED) is 0.796. The Kier molecular flexibility index (Phi) is 4.84. The van der Waals surface area contributed by atoms with Crippen molar-refractivity contribution in [3.8, 4) is 11.5 Å². The number of nitrogens with one attached hydrogen (secondary N) is 2. The molecule has 0 bridgehead atoms. The lowest BCUT2D eigenvalue weighted by atomic mass is 10.1. The maximum atomic E-state index is 11.8. The predicted molar refractivity (Wildman–Crippen MR) is 77.1 cm³/mol. The topological polar surface area (TPSA) is 59.6 Å². The predicted octanol–water partition coefficient (Wildman–Crippen LogP) is 1.63. The van der Waals surface area contributed by atoms with Crippen LogP contribution in [0.5, 0.6) is 11.5 Å². The summed E-state index contributed by atoms with van der Waals surface area (Å²) >= 11 is 0. The minimum atomic E-state index is -0.107. The Morgan fingerprint density at radius 2 is 2.10 bits per heavy atom. The Morgan fingerprint density at radius 1 is 1.35 bits per heavy atom. The minimum absolute atomic E-state index is 0.00210. The van der Waals surface area contributed by atoms with Crippen molar-refractivity contribution in [2.75, 3.05) is 20.8 Å². The largest absolute Gasteiger partial charge is 0.497 e. The molecule has 0 heterocycles. The van der Waals surface area contributed by atoms with Crippen molar-refractivity contribution >= 4 is 5.91 Å². The van der Waals surface area contributed by atoms with Crippen LogP contribution in [0.2, 0.25) is 0 Å². The van der Waals surface area contributed by atoms with Gasteiger partial charge in [0.05, 0.1) is 26.8 Å². The van der Waals surface area contributed by atoms with Gasteiger partial charge in [-0.25, -0.2) is 0 Å². The summed E-state index contributed by atoms with van der Waals surface area (Å²) in [6.45, 7) is 2.31. The summed E-state index contributed by atoms with van der Waals surface area (Å²) in [6.07, 6.45) is 2.35.